The molecule has 0 aromatic heterocycles. The van der Waals surface area contributed by atoms with Crippen LogP contribution in [0, 0.1) is 5.92 Å². The van der Waals surface area contributed by atoms with Gasteiger partial charge in [0.15, 0.2) is 0 Å². The lowest BCUT2D eigenvalue weighted by molar-refractivity contribution is 0.335. The molecule has 0 aromatic carbocycles. The summed E-state index contributed by atoms with van der Waals surface area (Å²) in [6, 6.07) is 0. The fraction of sp³-hybridized carbons (Fsp3) is 1.00. The Bertz CT molecular complexity index is 129. The van der Waals surface area contributed by atoms with Gasteiger partial charge in [0, 0.05) is 49.0 Å². The summed E-state index contributed by atoms with van der Waals surface area (Å²) in [5.74, 6) is 0.972. The Labute approximate surface area is 76.1 Å². The normalized spacial score (nSPS) is 41.7. The monoisotopic (exact) mass is 252 g/mol. The summed E-state index contributed by atoms with van der Waals surface area (Å²) in [7, 11) is 0. The van der Waals surface area contributed by atoms with Crippen LogP contribution in [0.5, 0.6) is 0 Å². The van der Waals surface area contributed by atoms with Crippen molar-refractivity contribution in [3.05, 3.63) is 0 Å². The molecule has 2 nitrogen and oxygen atoms in total. The van der Waals surface area contributed by atoms with Crippen molar-refractivity contribution in [2.75, 3.05) is 32.7 Å². The van der Waals surface area contributed by atoms with E-state index in [9.17, 15) is 0 Å². The van der Waals surface area contributed by atoms with Gasteiger partial charge in [0.2, 0.25) is 0 Å². The maximum absolute atomic E-state index is 2.59. The molecule has 0 aromatic rings. The zero-order valence-electron chi connectivity index (χ0n) is 6.09. The van der Waals surface area contributed by atoms with E-state index in [1.165, 1.54) is 39.1 Å². The van der Waals surface area contributed by atoms with Gasteiger partial charge in [-0.15, -0.1) is 0 Å². The zero-order valence-corrected chi connectivity index (χ0v) is 8.25. The topological polar surface area (TPSA) is 6.48 Å². The molecule has 0 N–H and O–H groups in total. The third-order valence-corrected chi connectivity index (χ3v) is 3.36. The maximum atomic E-state index is 2.59. The molecule has 0 aliphatic carbocycles. The van der Waals surface area contributed by atoms with Gasteiger partial charge in [0.1, 0.15) is 0 Å². The smallest absolute Gasteiger partial charge is 0.0209 e. The first-order valence-corrected chi connectivity index (χ1v) is 4.94. The van der Waals surface area contributed by atoms with Crippen LogP contribution in [0.25, 0.3) is 0 Å². The second-order valence-electron chi connectivity index (χ2n) is 3.32. The van der Waals surface area contributed by atoms with Crippen molar-refractivity contribution < 1.29 is 0 Å². The lowest BCUT2D eigenvalue weighted by atomic mass is 10.1. The number of rotatable bonds is 0. The average Bonchev–Trinajstić information content (AvgIpc) is 2.22. The highest BCUT2D eigenvalue weighted by atomic mass is 127. The highest BCUT2D eigenvalue weighted by Gasteiger charge is 2.26. The highest BCUT2D eigenvalue weighted by molar-refractivity contribution is 14.1. The summed E-state index contributed by atoms with van der Waals surface area (Å²) in [4.78, 5) is 2.59. The predicted molar refractivity (Wildman–Crippen MR) is 50.1 cm³/mol. The third kappa shape index (κ3) is 1.46. The molecule has 3 heteroatoms. The van der Waals surface area contributed by atoms with E-state index in [1.807, 2.05) is 0 Å². The molecular weight excluding hydrogens is 239 g/mol. The van der Waals surface area contributed by atoms with Crippen LogP contribution in [0.4, 0.5) is 0 Å². The summed E-state index contributed by atoms with van der Waals surface area (Å²) in [6.45, 7) is 6.59. The Morgan fingerprint density at radius 3 is 2.90 bits per heavy atom. The minimum absolute atomic E-state index is 0.972. The Balaban J connectivity index is 1.99. The quantitative estimate of drug-likeness (QED) is 0.468. The summed E-state index contributed by atoms with van der Waals surface area (Å²) >= 11 is 2.45. The summed E-state index contributed by atoms with van der Waals surface area (Å²) < 4.78 is 2.43. The second-order valence-corrected chi connectivity index (χ2v) is 4.69. The first-order chi connectivity index (χ1) is 4.84. The third-order valence-electron chi connectivity index (χ3n) is 2.49. The molecule has 2 aliphatic rings. The van der Waals surface area contributed by atoms with Gasteiger partial charge in [-0.3, -0.25) is 0 Å². The van der Waals surface area contributed by atoms with Crippen LogP contribution < -0.4 is 0 Å². The molecule has 0 radical (unpaired) electrons. The molecule has 0 amide bonds. The lowest BCUT2D eigenvalue weighted by Gasteiger charge is -2.17. The first kappa shape index (κ1) is 7.31. The van der Waals surface area contributed by atoms with Crippen molar-refractivity contribution in [1.29, 1.82) is 0 Å². The summed E-state index contributed by atoms with van der Waals surface area (Å²) in [5, 5.41) is 0. The van der Waals surface area contributed by atoms with Crippen LogP contribution in [0.15, 0.2) is 0 Å². The lowest BCUT2D eigenvalue weighted by Crippen LogP contribution is -2.26. The number of nitrogens with zero attached hydrogens (tertiary/aromatic N) is 2. The molecule has 2 unspecified atom stereocenters. The largest absolute Gasteiger partial charge is 0.302 e. The molecule has 0 saturated carbocycles. The Kier molecular flexibility index (Phi) is 2.15. The van der Waals surface area contributed by atoms with Crippen LogP contribution >= 0.6 is 22.9 Å². The molecule has 2 heterocycles. The molecule has 0 spiro atoms. The van der Waals surface area contributed by atoms with E-state index in [-0.39, 0.29) is 0 Å². The van der Waals surface area contributed by atoms with Crippen molar-refractivity contribution in [1.82, 2.24) is 8.01 Å². The summed E-state index contributed by atoms with van der Waals surface area (Å²) in [6.07, 6.45) is 1.43. The number of fused-ring (bicyclic) bond motifs is 2. The fourth-order valence-corrected chi connectivity index (χ4v) is 2.66. The molecule has 2 bridgehead atoms. The van der Waals surface area contributed by atoms with Gasteiger partial charge >= 0.3 is 0 Å². The van der Waals surface area contributed by atoms with Crippen molar-refractivity contribution in [3.8, 4) is 0 Å². The van der Waals surface area contributed by atoms with Crippen LogP contribution in [0.1, 0.15) is 6.42 Å². The maximum Gasteiger partial charge on any atom is 0.0209 e. The minimum atomic E-state index is 0.972. The van der Waals surface area contributed by atoms with E-state index in [2.05, 4.69) is 30.9 Å². The van der Waals surface area contributed by atoms with E-state index >= 15 is 0 Å². The average molecular weight is 252 g/mol. The van der Waals surface area contributed by atoms with Gasteiger partial charge in [-0.05, 0) is 18.9 Å². The van der Waals surface area contributed by atoms with Crippen molar-refractivity contribution in [3.63, 3.8) is 0 Å². The highest BCUT2D eigenvalue weighted by Crippen LogP contribution is 2.21. The fourth-order valence-electron chi connectivity index (χ4n) is 1.89. The molecule has 2 fully saturated rings. The Morgan fingerprint density at radius 2 is 2.00 bits per heavy atom. The van der Waals surface area contributed by atoms with E-state index in [0.29, 0.717) is 0 Å². The van der Waals surface area contributed by atoms with Crippen LogP contribution in [-0.2, 0) is 0 Å². The van der Waals surface area contributed by atoms with Crippen LogP contribution in [-0.4, -0.2) is 40.7 Å². The van der Waals surface area contributed by atoms with Crippen molar-refractivity contribution in [2.24, 2.45) is 5.92 Å². The Morgan fingerprint density at radius 1 is 1.10 bits per heavy atom. The van der Waals surface area contributed by atoms with Gasteiger partial charge < -0.3 is 4.90 Å². The SMILES string of the molecule is IN1CCN2CCC(C1)C2. The number of halogens is 1. The Hall–Kier alpha value is 0.650. The van der Waals surface area contributed by atoms with E-state index in [4.69, 9.17) is 0 Å². The molecule has 2 rings (SSSR count). The minimum Gasteiger partial charge on any atom is -0.302 e. The van der Waals surface area contributed by atoms with Gasteiger partial charge in [0.05, 0.1) is 0 Å². The summed E-state index contributed by atoms with van der Waals surface area (Å²) in [5.41, 5.74) is 0. The molecule has 58 valence electrons. The molecule has 10 heavy (non-hydrogen) atoms. The van der Waals surface area contributed by atoms with E-state index < -0.39 is 0 Å². The van der Waals surface area contributed by atoms with Crippen LogP contribution in [0.2, 0.25) is 0 Å². The standard InChI is InChI=1S/C7H13IN2/c8-10-4-3-9-2-1-7(5-9)6-10/h7H,1-6H2. The van der Waals surface area contributed by atoms with Gasteiger partial charge in [0.25, 0.3) is 0 Å². The molecule has 2 aliphatic heterocycles. The predicted octanol–water partition coefficient (Wildman–Crippen LogP) is 0.974. The zero-order chi connectivity index (χ0) is 6.97. The van der Waals surface area contributed by atoms with Gasteiger partial charge in [-0.1, -0.05) is 0 Å². The van der Waals surface area contributed by atoms with Crippen LogP contribution in [0.3, 0.4) is 0 Å². The number of hydrogen-bond donors (Lipinski definition) is 0. The van der Waals surface area contributed by atoms with Crippen molar-refractivity contribution in [2.45, 2.75) is 6.42 Å². The van der Waals surface area contributed by atoms with E-state index in [0.717, 1.165) is 5.92 Å². The first-order valence-electron chi connectivity index (χ1n) is 3.97. The molecular formula is C7H13IN2. The van der Waals surface area contributed by atoms with Gasteiger partial charge in [-0.25, -0.2) is 3.11 Å². The van der Waals surface area contributed by atoms with Gasteiger partial charge in [-0.2, -0.15) is 0 Å². The molecule has 2 saturated heterocycles. The van der Waals surface area contributed by atoms with E-state index in [1.54, 1.807) is 0 Å². The second kappa shape index (κ2) is 2.95. The number of hydrogen-bond acceptors (Lipinski definition) is 2. The van der Waals surface area contributed by atoms with Crippen molar-refractivity contribution >= 4 is 22.9 Å². The molecule has 2 atom stereocenters.